The Hall–Kier alpha value is -5.81. The van der Waals surface area contributed by atoms with E-state index in [1.54, 1.807) is 0 Å². The molecule has 4 rings (SSSR count). The van der Waals surface area contributed by atoms with Gasteiger partial charge in [-0.1, -0.05) is 121 Å². The maximum Gasteiger partial charge on any atom is 0.265 e. The number of nitrogens with one attached hydrogen (secondary N) is 4. The van der Waals surface area contributed by atoms with E-state index in [0.717, 1.165) is 34.7 Å². The highest BCUT2D eigenvalue weighted by atomic mass is 32.2. The molecule has 4 aromatic carbocycles. The number of carbonyl (C=O) groups excluding carboxylic acids is 2. The number of aliphatic imine (C=N–C) groups is 2. The van der Waals surface area contributed by atoms with Gasteiger partial charge in [0.05, 0.1) is 26.2 Å². The molecule has 0 unspecified atom stereocenters. The number of benzene rings is 4. The van der Waals surface area contributed by atoms with Crippen molar-refractivity contribution in [2.24, 2.45) is 9.98 Å². The van der Waals surface area contributed by atoms with Crippen LogP contribution in [0.1, 0.15) is 22.3 Å². The van der Waals surface area contributed by atoms with E-state index in [1.165, 1.54) is 12.4 Å². The molecule has 10 nitrogen and oxygen atoms in total. The number of rotatable bonds is 18. The number of amides is 2. The molecule has 0 radical (unpaired) electrons. The van der Waals surface area contributed by atoms with Crippen LogP contribution >= 0.6 is 0 Å². The maximum atomic E-state index is 14.1. The van der Waals surface area contributed by atoms with Crippen molar-refractivity contribution in [3.8, 4) is 0 Å². The minimum Gasteiger partial charge on any atom is -0.386 e. The van der Waals surface area contributed by atoms with Crippen molar-refractivity contribution in [3.63, 3.8) is 0 Å². The summed E-state index contributed by atoms with van der Waals surface area (Å²) in [7, 11) is -4.66. The molecular formula is C38H40N6O4S. The van der Waals surface area contributed by atoms with Gasteiger partial charge in [-0.15, -0.1) is 0 Å². The Bertz CT molecular complexity index is 1710. The third kappa shape index (κ3) is 12.4. The van der Waals surface area contributed by atoms with E-state index in [0.29, 0.717) is 13.1 Å². The smallest absolute Gasteiger partial charge is 0.265 e. The fourth-order valence-electron chi connectivity index (χ4n) is 4.45. The van der Waals surface area contributed by atoms with E-state index in [1.807, 2.05) is 121 Å². The van der Waals surface area contributed by atoms with Gasteiger partial charge in [-0.3, -0.25) is 19.6 Å². The molecule has 0 spiro atoms. The Morgan fingerprint density at radius 1 is 0.510 bits per heavy atom. The van der Waals surface area contributed by atoms with Crippen molar-refractivity contribution in [1.82, 2.24) is 21.3 Å². The molecule has 0 saturated carbocycles. The Kier molecular flexibility index (Phi) is 14.5. The fraction of sp³-hybridized carbons (Fsp3) is 0.158. The number of nitrogens with zero attached hydrogens (tertiary/aromatic N) is 2. The van der Waals surface area contributed by atoms with Gasteiger partial charge in [0.15, 0.2) is 9.81 Å². The average molecular weight is 677 g/mol. The summed E-state index contributed by atoms with van der Waals surface area (Å²) in [5.74, 6) is -1.78. The van der Waals surface area contributed by atoms with Gasteiger partial charge in [-0.2, -0.15) is 0 Å². The second-order valence-electron chi connectivity index (χ2n) is 10.7. The van der Waals surface area contributed by atoms with Crippen LogP contribution in [0.25, 0.3) is 0 Å². The highest BCUT2D eigenvalue weighted by molar-refractivity contribution is 8.00. The first kappa shape index (κ1) is 36.0. The van der Waals surface area contributed by atoms with Crippen molar-refractivity contribution in [3.05, 3.63) is 166 Å². The normalized spacial score (nSPS) is 12.2. The SMILES string of the molecule is O=C(NCC=NCc1ccccc1)/C(=C\NCc1ccccc1)S(=O)(=O)/C(=C/NCc1ccccc1)C(=O)NCC=NCc1ccccc1. The van der Waals surface area contributed by atoms with Crippen molar-refractivity contribution in [1.29, 1.82) is 0 Å². The van der Waals surface area contributed by atoms with E-state index < -0.39 is 31.5 Å². The molecule has 0 aromatic heterocycles. The van der Waals surface area contributed by atoms with Crippen LogP contribution in [0.3, 0.4) is 0 Å². The van der Waals surface area contributed by atoms with Crippen LogP contribution in [0.5, 0.6) is 0 Å². The zero-order chi connectivity index (χ0) is 34.6. The number of sulfone groups is 1. The van der Waals surface area contributed by atoms with Crippen LogP contribution in [-0.2, 0) is 45.6 Å². The molecule has 2 amide bonds. The molecule has 49 heavy (non-hydrogen) atoms. The molecule has 0 atom stereocenters. The summed E-state index contributed by atoms with van der Waals surface area (Å²) >= 11 is 0. The third-order valence-electron chi connectivity index (χ3n) is 6.99. The Labute approximate surface area is 287 Å². The van der Waals surface area contributed by atoms with Crippen molar-refractivity contribution < 1.29 is 18.0 Å². The highest BCUT2D eigenvalue weighted by Gasteiger charge is 2.33. The second kappa shape index (κ2) is 19.8. The molecule has 0 aliphatic rings. The first-order chi connectivity index (χ1) is 23.9. The van der Waals surface area contributed by atoms with Gasteiger partial charge in [0.2, 0.25) is 9.84 Å². The Morgan fingerprint density at radius 2 is 0.837 bits per heavy atom. The Balaban J connectivity index is 1.53. The first-order valence-electron chi connectivity index (χ1n) is 15.7. The lowest BCUT2D eigenvalue weighted by Gasteiger charge is -2.14. The van der Waals surface area contributed by atoms with Gasteiger partial charge in [-0.25, -0.2) is 8.42 Å². The zero-order valence-electron chi connectivity index (χ0n) is 27.0. The maximum absolute atomic E-state index is 14.1. The summed E-state index contributed by atoms with van der Waals surface area (Å²) in [5.41, 5.74) is 3.73. The molecule has 4 N–H and O–H groups in total. The van der Waals surface area contributed by atoms with Crippen LogP contribution in [0.2, 0.25) is 0 Å². The molecule has 252 valence electrons. The predicted molar refractivity (Wildman–Crippen MR) is 195 cm³/mol. The molecule has 0 saturated heterocycles. The Morgan fingerprint density at radius 3 is 1.18 bits per heavy atom. The number of hydrogen-bond donors (Lipinski definition) is 4. The summed E-state index contributed by atoms with van der Waals surface area (Å²) in [5, 5.41) is 11.1. The van der Waals surface area contributed by atoms with Gasteiger partial charge < -0.3 is 21.3 Å². The monoisotopic (exact) mass is 676 g/mol. The first-order valence-corrected chi connectivity index (χ1v) is 17.2. The lowest BCUT2D eigenvalue weighted by atomic mass is 10.2. The van der Waals surface area contributed by atoms with Crippen LogP contribution in [0, 0.1) is 0 Å². The van der Waals surface area contributed by atoms with E-state index in [9.17, 15) is 18.0 Å². The predicted octanol–water partition coefficient (Wildman–Crippen LogP) is 4.44. The van der Waals surface area contributed by atoms with E-state index in [-0.39, 0.29) is 26.2 Å². The molecule has 11 heteroatoms. The van der Waals surface area contributed by atoms with Gasteiger partial charge in [0.25, 0.3) is 11.8 Å². The lowest BCUT2D eigenvalue weighted by molar-refractivity contribution is -0.117. The van der Waals surface area contributed by atoms with E-state index in [2.05, 4.69) is 31.3 Å². The minimum atomic E-state index is -4.66. The van der Waals surface area contributed by atoms with Crippen LogP contribution in [0.4, 0.5) is 0 Å². The van der Waals surface area contributed by atoms with Crippen molar-refractivity contribution in [2.45, 2.75) is 26.2 Å². The largest absolute Gasteiger partial charge is 0.386 e. The van der Waals surface area contributed by atoms with Crippen LogP contribution < -0.4 is 21.3 Å². The minimum absolute atomic E-state index is 0.0212. The van der Waals surface area contributed by atoms with Gasteiger partial charge in [0.1, 0.15) is 0 Å². The van der Waals surface area contributed by atoms with Crippen molar-refractivity contribution in [2.75, 3.05) is 13.1 Å². The summed E-state index contributed by atoms with van der Waals surface area (Å²) in [4.78, 5) is 34.3. The van der Waals surface area contributed by atoms with Gasteiger partial charge in [0, 0.05) is 37.9 Å². The van der Waals surface area contributed by atoms with Crippen LogP contribution in [-0.4, -0.2) is 45.8 Å². The molecule has 0 aliphatic carbocycles. The summed E-state index contributed by atoms with van der Waals surface area (Å²) < 4.78 is 28.3. The molecule has 0 heterocycles. The molecular weight excluding hydrogens is 637 g/mol. The summed E-state index contributed by atoms with van der Waals surface area (Å²) in [6.07, 6.45) is 5.26. The standard InChI is InChI=1S/C38H40N6O4S/c45-37(43-23-21-39-25-31-13-5-1-6-14-31)35(29-41-27-33-17-9-3-10-18-33)49(47,48)36(30-42-28-34-19-11-4-12-20-34)38(46)44-24-22-40-26-32-15-7-2-8-16-32/h1-22,29-30,41-42H,23-28H2,(H,43,45)(H,44,46)/b35-29+,36-30+,39-21?,40-22?. The quantitative estimate of drug-likeness (QED) is 0.0908. The highest BCUT2D eigenvalue weighted by Crippen LogP contribution is 2.18. The van der Waals surface area contributed by atoms with E-state index >= 15 is 0 Å². The lowest BCUT2D eigenvalue weighted by Crippen LogP contribution is -2.36. The summed E-state index contributed by atoms with van der Waals surface area (Å²) in [6, 6.07) is 37.8. The number of hydrogen-bond acceptors (Lipinski definition) is 8. The van der Waals surface area contributed by atoms with Crippen LogP contribution in [0.15, 0.2) is 154 Å². The fourth-order valence-corrected chi connectivity index (χ4v) is 5.80. The molecule has 0 bridgehead atoms. The molecule has 0 aliphatic heterocycles. The zero-order valence-corrected chi connectivity index (χ0v) is 27.9. The molecule has 4 aromatic rings. The topological polar surface area (TPSA) is 141 Å². The second-order valence-corrected chi connectivity index (χ2v) is 12.6. The number of carbonyl (C=O) groups is 2. The molecule has 0 fully saturated rings. The van der Waals surface area contributed by atoms with Crippen molar-refractivity contribution >= 4 is 34.1 Å². The van der Waals surface area contributed by atoms with Gasteiger partial charge in [-0.05, 0) is 22.3 Å². The van der Waals surface area contributed by atoms with Gasteiger partial charge >= 0.3 is 0 Å². The van der Waals surface area contributed by atoms with E-state index in [4.69, 9.17) is 0 Å². The average Bonchev–Trinajstić information content (AvgIpc) is 3.13. The third-order valence-corrected chi connectivity index (χ3v) is 8.75. The summed E-state index contributed by atoms with van der Waals surface area (Å²) in [6.45, 7) is 1.28.